The number of aliphatic hydroxyl groups is 2. The number of ketones is 2. The summed E-state index contributed by atoms with van der Waals surface area (Å²) < 4.78 is 29.5. The molecule has 0 radical (unpaired) electrons. The van der Waals surface area contributed by atoms with Gasteiger partial charge in [-0.2, -0.15) is 4.89 Å². The Morgan fingerprint density at radius 1 is 1.04 bits per heavy atom. The monoisotopic (exact) mass is 631 g/mol. The molecule has 14 heteroatoms. The van der Waals surface area contributed by atoms with Crippen molar-refractivity contribution in [1.82, 2.24) is 0 Å². The normalized spacial score (nSPS) is 31.2. The van der Waals surface area contributed by atoms with Crippen molar-refractivity contribution in [3.8, 4) is 17.2 Å². The lowest BCUT2D eigenvalue weighted by Crippen LogP contribution is -2.55. The van der Waals surface area contributed by atoms with E-state index in [1.54, 1.807) is 6.92 Å². The summed E-state index contributed by atoms with van der Waals surface area (Å²) >= 11 is 0. The maximum Gasteiger partial charge on any atom is 0.206 e. The number of hydrogen-bond donors (Lipinski definition) is 5. The van der Waals surface area contributed by atoms with Gasteiger partial charge in [-0.1, -0.05) is 12.1 Å². The first-order valence-electron chi connectivity index (χ1n) is 14.9. The van der Waals surface area contributed by atoms with Gasteiger partial charge in [0.2, 0.25) is 11.6 Å². The quantitative estimate of drug-likeness (QED) is 0.104. The zero-order valence-electron chi connectivity index (χ0n) is 24.9. The fourth-order valence-electron chi connectivity index (χ4n) is 6.75. The molecule has 6 unspecified atom stereocenters. The number of hydrogen-bond acceptors (Lipinski definition) is 14. The topological polar surface area (TPSA) is 206 Å². The third-order valence-corrected chi connectivity index (χ3v) is 8.79. The SMILES string of the molecule is COc1cccc2c1C(=O)c1c(O)c3c(c(O)c1C2=O)C[C@@](O)(OOCO)CC3OC1CC(N)C(OC2CCCCO2)C(C)O1. The van der Waals surface area contributed by atoms with Crippen molar-refractivity contribution in [2.75, 3.05) is 20.5 Å². The van der Waals surface area contributed by atoms with Crippen LogP contribution in [0.15, 0.2) is 18.2 Å². The summed E-state index contributed by atoms with van der Waals surface area (Å²) in [7, 11) is 1.35. The van der Waals surface area contributed by atoms with E-state index in [2.05, 4.69) is 4.89 Å². The zero-order valence-corrected chi connectivity index (χ0v) is 24.9. The van der Waals surface area contributed by atoms with E-state index in [4.69, 9.17) is 39.4 Å². The van der Waals surface area contributed by atoms with E-state index in [-0.39, 0.29) is 40.8 Å². The number of nitrogens with two attached hydrogens (primary N) is 1. The summed E-state index contributed by atoms with van der Waals surface area (Å²) in [4.78, 5) is 37.2. The van der Waals surface area contributed by atoms with Crippen molar-refractivity contribution in [2.45, 2.75) is 88.2 Å². The first kappa shape index (κ1) is 31.8. The number of fused-ring (bicyclic) bond motifs is 3. The molecule has 0 amide bonds. The van der Waals surface area contributed by atoms with E-state index in [9.17, 15) is 24.9 Å². The Hall–Kier alpha value is -3.18. The molecule has 45 heavy (non-hydrogen) atoms. The Balaban J connectivity index is 1.36. The number of ether oxygens (including phenoxy) is 5. The van der Waals surface area contributed by atoms with Gasteiger partial charge >= 0.3 is 0 Å². The van der Waals surface area contributed by atoms with E-state index in [1.807, 2.05) is 0 Å². The predicted octanol–water partition coefficient (Wildman–Crippen LogP) is 1.85. The number of aliphatic hydroxyl groups excluding tert-OH is 1. The molecule has 0 aromatic heterocycles. The number of benzene rings is 2. The summed E-state index contributed by atoms with van der Waals surface area (Å²) in [5, 5.41) is 43.7. The molecule has 0 bridgehead atoms. The average Bonchev–Trinajstić information content (AvgIpc) is 3.02. The molecule has 2 aliphatic heterocycles. The van der Waals surface area contributed by atoms with E-state index in [0.29, 0.717) is 6.61 Å². The third-order valence-electron chi connectivity index (χ3n) is 8.79. The highest BCUT2D eigenvalue weighted by Gasteiger charge is 2.49. The number of methoxy groups -OCH3 is 1. The van der Waals surface area contributed by atoms with Gasteiger partial charge in [-0.3, -0.25) is 9.59 Å². The summed E-state index contributed by atoms with van der Waals surface area (Å²) in [5.41, 5.74) is 5.42. The van der Waals surface area contributed by atoms with Crippen molar-refractivity contribution in [3.63, 3.8) is 0 Å². The minimum Gasteiger partial charge on any atom is -0.507 e. The van der Waals surface area contributed by atoms with Gasteiger partial charge < -0.3 is 49.8 Å². The molecule has 6 N–H and O–H groups in total. The second-order valence-electron chi connectivity index (χ2n) is 11.7. The standard InChI is InChI=1S/C31H37NO13/c1-14-30(44-20-8-3-4-9-40-20)17(32)10-21(42-14)43-19-12-31(38,45-41-13-33)11-16-23(19)29(37)25-24(27(16)35)26(34)15-6-5-7-18(39-2)22(15)28(25)36/h5-7,14,17,19-21,30,33,35,37-38H,3-4,8-13,32H2,1-2H3/t14?,17?,19?,20?,21?,30?,31-/m1/s1. The fraction of sp³-hybridized carbons (Fsp3) is 0.548. The van der Waals surface area contributed by atoms with Crippen LogP contribution in [0.1, 0.15) is 88.1 Å². The van der Waals surface area contributed by atoms with Gasteiger partial charge in [0.05, 0.1) is 36.0 Å². The van der Waals surface area contributed by atoms with Gasteiger partial charge in [0.15, 0.2) is 25.2 Å². The van der Waals surface area contributed by atoms with Crippen LogP contribution in [0.3, 0.4) is 0 Å². The molecule has 0 saturated carbocycles. The van der Waals surface area contributed by atoms with Gasteiger partial charge in [0.1, 0.15) is 23.4 Å². The number of phenols is 2. The summed E-state index contributed by atoms with van der Waals surface area (Å²) in [6.45, 7) is 1.49. The van der Waals surface area contributed by atoms with Crippen LogP contribution in [0.5, 0.6) is 17.2 Å². The predicted molar refractivity (Wildman–Crippen MR) is 151 cm³/mol. The Bertz CT molecular complexity index is 1460. The Labute approximate surface area is 258 Å². The van der Waals surface area contributed by atoms with Gasteiger partial charge in [0.25, 0.3) is 0 Å². The minimum absolute atomic E-state index is 0.0192. The van der Waals surface area contributed by atoms with Gasteiger partial charge in [-0.25, -0.2) is 4.89 Å². The van der Waals surface area contributed by atoms with Crippen LogP contribution >= 0.6 is 0 Å². The molecule has 2 aromatic carbocycles. The van der Waals surface area contributed by atoms with Crippen molar-refractivity contribution in [3.05, 3.63) is 51.6 Å². The van der Waals surface area contributed by atoms with E-state index < -0.39 is 90.1 Å². The smallest absolute Gasteiger partial charge is 0.206 e. The van der Waals surface area contributed by atoms with Crippen LogP contribution in [0.2, 0.25) is 0 Å². The highest BCUT2D eigenvalue weighted by atomic mass is 17.2. The van der Waals surface area contributed by atoms with E-state index in [0.717, 1.165) is 19.3 Å². The van der Waals surface area contributed by atoms with Crippen LogP contribution in [-0.2, 0) is 35.1 Å². The maximum absolute atomic E-state index is 13.8. The Morgan fingerprint density at radius 3 is 2.51 bits per heavy atom. The second-order valence-corrected chi connectivity index (χ2v) is 11.7. The largest absolute Gasteiger partial charge is 0.507 e. The van der Waals surface area contributed by atoms with Crippen LogP contribution in [0.25, 0.3) is 0 Å². The molecule has 244 valence electrons. The first-order chi connectivity index (χ1) is 21.6. The van der Waals surface area contributed by atoms with E-state index >= 15 is 0 Å². The maximum atomic E-state index is 13.8. The van der Waals surface area contributed by atoms with Gasteiger partial charge in [0, 0.05) is 48.6 Å². The van der Waals surface area contributed by atoms with Crippen molar-refractivity contribution in [1.29, 1.82) is 0 Å². The summed E-state index contributed by atoms with van der Waals surface area (Å²) in [6, 6.07) is 3.92. The highest BCUT2D eigenvalue weighted by Crippen LogP contribution is 2.52. The minimum atomic E-state index is -2.19. The van der Waals surface area contributed by atoms with E-state index in [1.165, 1.54) is 25.3 Å². The molecule has 2 aromatic rings. The third kappa shape index (κ3) is 5.71. The number of phenolic OH excluding ortho intramolecular Hbond substituents is 2. The summed E-state index contributed by atoms with van der Waals surface area (Å²) in [5.74, 6) is -4.77. The molecular formula is C31H37NO13. The van der Waals surface area contributed by atoms with Crippen molar-refractivity contribution in [2.24, 2.45) is 5.73 Å². The number of aromatic hydroxyl groups is 2. The molecule has 14 nitrogen and oxygen atoms in total. The molecule has 2 aliphatic carbocycles. The van der Waals surface area contributed by atoms with Gasteiger partial charge in [-0.15, -0.1) is 0 Å². The molecule has 2 fully saturated rings. The van der Waals surface area contributed by atoms with Crippen LogP contribution in [-0.4, -0.2) is 89.1 Å². The molecule has 2 heterocycles. The van der Waals surface area contributed by atoms with Crippen LogP contribution in [0.4, 0.5) is 0 Å². The fourth-order valence-corrected chi connectivity index (χ4v) is 6.75. The average molecular weight is 632 g/mol. The van der Waals surface area contributed by atoms with Crippen LogP contribution in [0, 0.1) is 0 Å². The van der Waals surface area contributed by atoms with Crippen LogP contribution < -0.4 is 10.5 Å². The number of carbonyl (C=O) groups is 2. The molecule has 4 aliphatic rings. The second kappa shape index (κ2) is 12.5. The molecule has 0 spiro atoms. The number of carbonyl (C=O) groups excluding carboxylic acids is 2. The zero-order chi connectivity index (χ0) is 32.0. The van der Waals surface area contributed by atoms with Gasteiger partial charge in [-0.05, 0) is 32.3 Å². The summed E-state index contributed by atoms with van der Waals surface area (Å²) in [6.07, 6.45) is -1.68. The molecule has 6 rings (SSSR count). The number of rotatable bonds is 8. The molecular weight excluding hydrogens is 594 g/mol. The lowest BCUT2D eigenvalue weighted by Gasteiger charge is -2.43. The molecule has 2 saturated heterocycles. The first-order valence-corrected chi connectivity index (χ1v) is 14.9. The van der Waals surface area contributed by atoms with Crippen molar-refractivity contribution < 1.29 is 63.5 Å². The lowest BCUT2D eigenvalue weighted by molar-refractivity contribution is -0.444. The Kier molecular flexibility index (Phi) is 8.86. The Morgan fingerprint density at radius 2 is 1.82 bits per heavy atom. The van der Waals surface area contributed by atoms with Crippen molar-refractivity contribution >= 4 is 11.6 Å². The molecule has 7 atom stereocenters. The highest BCUT2D eigenvalue weighted by molar-refractivity contribution is 6.31. The lowest BCUT2D eigenvalue weighted by atomic mass is 9.75.